The molecule has 216 valence electrons. The maximum absolute atomic E-state index is 5.68. The fraction of sp³-hybridized carbons (Fsp3) is 0.571. The van der Waals surface area contributed by atoms with Crippen LogP contribution in [0.4, 0.5) is 0 Å². The van der Waals surface area contributed by atoms with Gasteiger partial charge in [0, 0.05) is 18.4 Å². The minimum absolute atomic E-state index is 0. The Morgan fingerprint density at radius 2 is 1.31 bits per heavy atom. The molecule has 0 spiro atoms. The molecule has 3 nitrogen and oxygen atoms in total. The second-order valence-corrected chi connectivity index (χ2v) is 10.8. The first-order chi connectivity index (χ1) is 18.8. The van der Waals surface area contributed by atoms with Crippen LogP contribution in [0.3, 0.4) is 0 Å². The third kappa shape index (κ3) is 11.4. The fourth-order valence-electron chi connectivity index (χ4n) is 5.64. The molecule has 0 aromatic heterocycles. The molecule has 0 saturated carbocycles. The highest BCUT2D eigenvalue weighted by molar-refractivity contribution is 5.99. The molecule has 0 radical (unpaired) electrons. The van der Waals surface area contributed by atoms with Crippen LogP contribution < -0.4 is 21.9 Å². The molecular formula is C35H52ClNO2. The van der Waals surface area contributed by atoms with Gasteiger partial charge in [-0.15, -0.1) is 0 Å². The third-order valence-electron chi connectivity index (χ3n) is 7.91. The van der Waals surface area contributed by atoms with Gasteiger partial charge in [-0.05, 0) is 35.8 Å². The van der Waals surface area contributed by atoms with Crippen LogP contribution in [0.25, 0.3) is 6.08 Å². The summed E-state index contributed by atoms with van der Waals surface area (Å²) >= 11 is 0. The molecule has 0 amide bonds. The lowest BCUT2D eigenvalue weighted by molar-refractivity contribution is -0.519. The van der Waals surface area contributed by atoms with Gasteiger partial charge in [-0.3, -0.25) is 0 Å². The molecule has 2 aromatic rings. The summed E-state index contributed by atoms with van der Waals surface area (Å²) in [4.78, 5) is 0. The summed E-state index contributed by atoms with van der Waals surface area (Å²) in [5.41, 5.74) is 5.46. The number of nitrogens with zero attached hydrogens (tertiary/aromatic N) is 1. The van der Waals surface area contributed by atoms with E-state index >= 15 is 0 Å². The van der Waals surface area contributed by atoms with Gasteiger partial charge in [-0.2, -0.15) is 0 Å². The number of methoxy groups -OCH3 is 2. The Morgan fingerprint density at radius 1 is 0.744 bits per heavy atom. The molecule has 0 fully saturated rings. The Morgan fingerprint density at radius 3 is 1.90 bits per heavy atom. The highest BCUT2D eigenvalue weighted by Crippen LogP contribution is 2.33. The van der Waals surface area contributed by atoms with Crippen molar-refractivity contribution in [2.75, 3.05) is 27.3 Å². The Kier molecular flexibility index (Phi) is 16.7. The van der Waals surface area contributed by atoms with E-state index in [1.807, 2.05) is 0 Å². The van der Waals surface area contributed by atoms with Crippen molar-refractivity contribution in [3.05, 3.63) is 65.2 Å². The van der Waals surface area contributed by atoms with Crippen molar-refractivity contribution < 1.29 is 26.5 Å². The first-order valence-corrected chi connectivity index (χ1v) is 15.3. The van der Waals surface area contributed by atoms with E-state index in [4.69, 9.17) is 9.47 Å². The van der Waals surface area contributed by atoms with Crippen LogP contribution >= 0.6 is 0 Å². The van der Waals surface area contributed by atoms with Gasteiger partial charge in [-0.1, -0.05) is 120 Å². The Bertz CT molecular complexity index is 999. The molecule has 2 aromatic carbocycles. The number of hydrogen-bond acceptors (Lipinski definition) is 2. The normalized spacial score (nSPS) is 12.9. The van der Waals surface area contributed by atoms with Gasteiger partial charge in [0.15, 0.2) is 23.8 Å². The average molecular weight is 554 g/mol. The van der Waals surface area contributed by atoms with E-state index in [9.17, 15) is 0 Å². The van der Waals surface area contributed by atoms with Crippen molar-refractivity contribution in [1.29, 1.82) is 0 Å². The predicted octanol–water partition coefficient (Wildman–Crippen LogP) is 6.26. The lowest BCUT2D eigenvalue weighted by atomic mass is 9.92. The summed E-state index contributed by atoms with van der Waals surface area (Å²) in [5.74, 6) is 1.67. The van der Waals surface area contributed by atoms with E-state index in [-0.39, 0.29) is 12.4 Å². The van der Waals surface area contributed by atoms with E-state index in [0.29, 0.717) is 0 Å². The van der Waals surface area contributed by atoms with Gasteiger partial charge < -0.3 is 21.9 Å². The molecule has 1 heterocycles. The van der Waals surface area contributed by atoms with Crippen molar-refractivity contribution in [2.24, 2.45) is 0 Å². The first kappa shape index (κ1) is 32.9. The Balaban J connectivity index is 0.00000533. The minimum Gasteiger partial charge on any atom is -1.00 e. The SMILES string of the molecule is CCCCCCCCCCCCCCCC1=[N+](CC=Cc2ccccc2)CCc2cc(OC)c(OC)cc21.[Cl-]. The molecule has 0 N–H and O–H groups in total. The van der Waals surface area contributed by atoms with Crippen molar-refractivity contribution >= 4 is 11.8 Å². The number of fused-ring (bicyclic) bond motifs is 1. The molecule has 4 heteroatoms. The molecule has 0 saturated heterocycles. The molecule has 39 heavy (non-hydrogen) atoms. The molecular weight excluding hydrogens is 502 g/mol. The number of unbranched alkanes of at least 4 members (excludes halogenated alkanes) is 12. The number of rotatable bonds is 19. The quantitative estimate of drug-likeness (QED) is 0.151. The smallest absolute Gasteiger partial charge is 0.183 e. The highest BCUT2D eigenvalue weighted by atomic mass is 35.5. The zero-order chi connectivity index (χ0) is 26.8. The van der Waals surface area contributed by atoms with Crippen molar-refractivity contribution in [3.8, 4) is 11.5 Å². The maximum atomic E-state index is 5.68. The lowest BCUT2D eigenvalue weighted by Crippen LogP contribution is -3.00. The number of halogens is 1. The van der Waals surface area contributed by atoms with Crippen LogP contribution in [0, 0.1) is 0 Å². The van der Waals surface area contributed by atoms with Gasteiger partial charge >= 0.3 is 0 Å². The summed E-state index contributed by atoms with van der Waals surface area (Å²) in [6, 6.07) is 15.0. The molecule has 0 atom stereocenters. The third-order valence-corrected chi connectivity index (χ3v) is 7.91. The monoisotopic (exact) mass is 553 g/mol. The second kappa shape index (κ2) is 19.7. The zero-order valence-corrected chi connectivity index (χ0v) is 25.6. The van der Waals surface area contributed by atoms with E-state index in [0.717, 1.165) is 37.4 Å². The first-order valence-electron chi connectivity index (χ1n) is 15.3. The fourth-order valence-corrected chi connectivity index (χ4v) is 5.64. The lowest BCUT2D eigenvalue weighted by Gasteiger charge is -2.20. The van der Waals surface area contributed by atoms with Gasteiger partial charge in [0.05, 0.1) is 14.2 Å². The van der Waals surface area contributed by atoms with Crippen LogP contribution in [0.2, 0.25) is 0 Å². The summed E-state index contributed by atoms with van der Waals surface area (Å²) in [7, 11) is 3.46. The standard InChI is InChI=1S/C35H52NO2.ClH/c1-4-5-6-7-8-9-10-11-12-13-14-15-19-24-33-32-29-35(38-3)34(37-2)28-31(32)25-27-36(33)26-20-23-30-21-17-16-18-22-30;/h16-18,20-23,28-29H,4-15,19,24-27H2,1-3H3;1H/q+1;/p-1. The van der Waals surface area contributed by atoms with Gasteiger partial charge in [0.2, 0.25) is 0 Å². The Labute approximate surface area is 245 Å². The topological polar surface area (TPSA) is 21.5 Å². The summed E-state index contributed by atoms with van der Waals surface area (Å²) in [6.45, 7) is 4.29. The Hall–Kier alpha value is -2.26. The van der Waals surface area contributed by atoms with Crippen LogP contribution in [-0.2, 0) is 6.42 Å². The zero-order valence-electron chi connectivity index (χ0n) is 24.9. The highest BCUT2D eigenvalue weighted by Gasteiger charge is 2.26. The van der Waals surface area contributed by atoms with Crippen molar-refractivity contribution in [1.82, 2.24) is 0 Å². The average Bonchev–Trinajstić information content (AvgIpc) is 2.95. The van der Waals surface area contributed by atoms with E-state index in [1.165, 1.54) is 106 Å². The second-order valence-electron chi connectivity index (χ2n) is 10.8. The summed E-state index contributed by atoms with van der Waals surface area (Å²) in [6.07, 6.45) is 24.8. The number of hydrogen-bond donors (Lipinski definition) is 0. The number of benzene rings is 2. The van der Waals surface area contributed by atoms with Crippen LogP contribution in [-0.4, -0.2) is 37.6 Å². The number of ether oxygens (including phenoxy) is 2. The molecule has 0 aliphatic carbocycles. The van der Waals surface area contributed by atoms with Crippen LogP contribution in [0.1, 0.15) is 114 Å². The molecule has 3 rings (SSSR count). The van der Waals surface area contributed by atoms with E-state index in [2.05, 4.69) is 66.1 Å². The predicted molar refractivity (Wildman–Crippen MR) is 163 cm³/mol. The summed E-state index contributed by atoms with van der Waals surface area (Å²) in [5, 5.41) is 0. The van der Waals surface area contributed by atoms with Crippen molar-refractivity contribution in [3.63, 3.8) is 0 Å². The summed E-state index contributed by atoms with van der Waals surface area (Å²) < 4.78 is 13.9. The van der Waals surface area contributed by atoms with Gasteiger partial charge in [0.25, 0.3) is 0 Å². The molecule has 1 aliphatic rings. The molecule has 0 bridgehead atoms. The van der Waals surface area contributed by atoms with Gasteiger partial charge in [0.1, 0.15) is 6.54 Å². The molecule has 1 aliphatic heterocycles. The van der Waals surface area contributed by atoms with Crippen molar-refractivity contribution in [2.45, 2.75) is 103 Å². The van der Waals surface area contributed by atoms with Crippen LogP contribution in [0.15, 0.2) is 48.5 Å². The van der Waals surface area contributed by atoms with E-state index in [1.54, 1.807) is 14.2 Å². The molecule has 0 unspecified atom stereocenters. The van der Waals surface area contributed by atoms with E-state index < -0.39 is 0 Å². The van der Waals surface area contributed by atoms with Crippen LogP contribution in [0.5, 0.6) is 11.5 Å². The largest absolute Gasteiger partial charge is 1.00 e. The van der Waals surface area contributed by atoms with Gasteiger partial charge in [-0.25, -0.2) is 4.58 Å². The minimum atomic E-state index is 0. The maximum Gasteiger partial charge on any atom is 0.183 e.